The van der Waals surface area contributed by atoms with Crippen LogP contribution in [0.25, 0.3) is 5.69 Å². The molecule has 2 heterocycles. The summed E-state index contributed by atoms with van der Waals surface area (Å²) in [7, 11) is 3.41. The smallest absolute Gasteiger partial charge is 0.293 e. The predicted molar refractivity (Wildman–Crippen MR) is 96.4 cm³/mol. The van der Waals surface area contributed by atoms with Crippen LogP contribution in [0.5, 0.6) is 0 Å². The molecule has 0 saturated heterocycles. The first-order chi connectivity index (χ1) is 12.1. The normalized spacial score (nSPS) is 15.5. The summed E-state index contributed by atoms with van der Waals surface area (Å²) in [5.74, 6) is 0.780. The van der Waals surface area contributed by atoms with Gasteiger partial charge in [0.05, 0.1) is 17.4 Å². The molecule has 6 nitrogen and oxygen atoms in total. The second-order valence-corrected chi connectivity index (χ2v) is 6.28. The summed E-state index contributed by atoms with van der Waals surface area (Å²) >= 11 is 0. The van der Waals surface area contributed by atoms with E-state index in [4.69, 9.17) is 0 Å². The van der Waals surface area contributed by atoms with Crippen molar-refractivity contribution in [2.45, 2.75) is 13.0 Å². The SMILES string of the molecule is CC1c2nc(C(=O)N(C)C)nn2-c2ccccc2N1c1ccccc1. The highest BCUT2D eigenvalue weighted by atomic mass is 16.2. The zero-order valence-electron chi connectivity index (χ0n) is 14.4. The first kappa shape index (κ1) is 15.4. The number of hydrogen-bond acceptors (Lipinski definition) is 4. The van der Waals surface area contributed by atoms with Gasteiger partial charge in [0.2, 0.25) is 5.82 Å². The zero-order valence-corrected chi connectivity index (χ0v) is 14.4. The monoisotopic (exact) mass is 333 g/mol. The summed E-state index contributed by atoms with van der Waals surface area (Å²) in [4.78, 5) is 20.6. The third-order valence-electron chi connectivity index (χ3n) is 4.39. The molecule has 126 valence electrons. The molecular formula is C19H19N5O. The molecule has 2 aromatic carbocycles. The van der Waals surface area contributed by atoms with Crippen LogP contribution >= 0.6 is 0 Å². The molecule has 0 bridgehead atoms. The van der Waals surface area contributed by atoms with Crippen molar-refractivity contribution in [2.24, 2.45) is 0 Å². The Labute approximate surface area is 146 Å². The number of anilines is 2. The minimum atomic E-state index is -0.196. The van der Waals surface area contributed by atoms with Crippen LogP contribution in [0, 0.1) is 0 Å². The average molecular weight is 333 g/mol. The average Bonchev–Trinajstić information content (AvgIpc) is 3.08. The third kappa shape index (κ3) is 2.38. The molecule has 0 radical (unpaired) electrons. The fraction of sp³-hybridized carbons (Fsp3) is 0.211. The standard InChI is InChI=1S/C19H19N5O/c1-13-18-20-17(19(25)22(2)3)21-24(18)16-12-8-7-11-15(16)23(13)14-9-5-4-6-10-14/h4-13H,1-3H3. The molecule has 3 aromatic rings. The largest absolute Gasteiger partial charge is 0.342 e. The number of rotatable bonds is 2. The molecule has 0 aliphatic carbocycles. The van der Waals surface area contributed by atoms with E-state index in [1.807, 2.05) is 36.4 Å². The number of aromatic nitrogens is 3. The molecule has 1 amide bonds. The van der Waals surface area contributed by atoms with Crippen LogP contribution in [-0.4, -0.2) is 39.7 Å². The maximum absolute atomic E-state index is 12.3. The maximum atomic E-state index is 12.3. The van der Waals surface area contributed by atoms with Crippen molar-refractivity contribution in [1.29, 1.82) is 0 Å². The molecule has 0 fully saturated rings. The lowest BCUT2D eigenvalue weighted by molar-refractivity contribution is 0.0816. The molecule has 4 rings (SSSR count). The number of nitrogens with zero attached hydrogens (tertiary/aromatic N) is 5. The van der Waals surface area contributed by atoms with Gasteiger partial charge in [0.25, 0.3) is 5.91 Å². The van der Waals surface area contributed by atoms with Crippen molar-refractivity contribution in [2.75, 3.05) is 19.0 Å². The predicted octanol–water partition coefficient (Wildman–Crippen LogP) is 3.18. The van der Waals surface area contributed by atoms with Gasteiger partial charge in [-0.1, -0.05) is 30.3 Å². The number of benzene rings is 2. The van der Waals surface area contributed by atoms with E-state index >= 15 is 0 Å². The number of hydrogen-bond donors (Lipinski definition) is 0. The Morgan fingerprint density at radius 3 is 2.32 bits per heavy atom. The van der Waals surface area contributed by atoms with Crippen LogP contribution < -0.4 is 4.90 Å². The molecule has 1 atom stereocenters. The van der Waals surface area contributed by atoms with Gasteiger partial charge in [0, 0.05) is 19.8 Å². The summed E-state index contributed by atoms with van der Waals surface area (Å²) in [6, 6.07) is 18.2. The number of para-hydroxylation sites is 3. The second-order valence-electron chi connectivity index (χ2n) is 6.28. The maximum Gasteiger partial charge on any atom is 0.293 e. The highest BCUT2D eigenvalue weighted by Crippen LogP contribution is 2.42. The summed E-state index contributed by atoms with van der Waals surface area (Å²) in [6.45, 7) is 2.08. The Kier molecular flexibility index (Phi) is 3.53. The summed E-state index contributed by atoms with van der Waals surface area (Å²) in [5.41, 5.74) is 3.05. The minimum Gasteiger partial charge on any atom is -0.342 e. The quantitative estimate of drug-likeness (QED) is 0.723. The third-order valence-corrected chi connectivity index (χ3v) is 4.39. The van der Waals surface area contributed by atoms with Crippen LogP contribution in [0.4, 0.5) is 11.4 Å². The van der Waals surface area contributed by atoms with Crippen LogP contribution in [0.2, 0.25) is 0 Å². The van der Waals surface area contributed by atoms with E-state index in [2.05, 4.69) is 40.1 Å². The van der Waals surface area contributed by atoms with Crippen LogP contribution in [0.1, 0.15) is 29.4 Å². The first-order valence-corrected chi connectivity index (χ1v) is 8.20. The van der Waals surface area contributed by atoms with E-state index in [-0.39, 0.29) is 17.8 Å². The van der Waals surface area contributed by atoms with Crippen molar-refractivity contribution in [1.82, 2.24) is 19.7 Å². The van der Waals surface area contributed by atoms with Gasteiger partial charge >= 0.3 is 0 Å². The fourth-order valence-corrected chi connectivity index (χ4v) is 3.18. The van der Waals surface area contributed by atoms with Crippen molar-refractivity contribution in [3.63, 3.8) is 0 Å². The molecule has 6 heteroatoms. The van der Waals surface area contributed by atoms with E-state index in [0.29, 0.717) is 0 Å². The molecule has 1 aliphatic rings. The topological polar surface area (TPSA) is 54.3 Å². The van der Waals surface area contributed by atoms with Gasteiger partial charge in [-0.2, -0.15) is 0 Å². The molecule has 0 N–H and O–H groups in total. The Bertz CT molecular complexity index is 932. The summed E-state index contributed by atoms with van der Waals surface area (Å²) in [5, 5.41) is 4.48. The van der Waals surface area contributed by atoms with Crippen molar-refractivity contribution in [3.05, 3.63) is 66.2 Å². The Morgan fingerprint density at radius 2 is 1.64 bits per heavy atom. The molecule has 1 unspecified atom stereocenters. The van der Waals surface area contributed by atoms with Gasteiger partial charge in [0.1, 0.15) is 0 Å². The van der Waals surface area contributed by atoms with Gasteiger partial charge in [0.15, 0.2) is 5.82 Å². The van der Waals surface area contributed by atoms with E-state index in [1.54, 1.807) is 18.8 Å². The van der Waals surface area contributed by atoms with E-state index in [0.717, 1.165) is 22.9 Å². The summed E-state index contributed by atoms with van der Waals surface area (Å²) in [6.07, 6.45) is 0. The lowest BCUT2D eigenvalue weighted by Gasteiger charge is -2.36. The van der Waals surface area contributed by atoms with E-state index in [1.165, 1.54) is 4.90 Å². The van der Waals surface area contributed by atoms with Gasteiger partial charge in [-0.25, -0.2) is 9.67 Å². The molecule has 1 aromatic heterocycles. The lowest BCUT2D eigenvalue weighted by Crippen LogP contribution is -2.29. The molecule has 25 heavy (non-hydrogen) atoms. The molecular weight excluding hydrogens is 314 g/mol. The van der Waals surface area contributed by atoms with E-state index < -0.39 is 0 Å². The van der Waals surface area contributed by atoms with Gasteiger partial charge in [-0.3, -0.25) is 4.79 Å². The Morgan fingerprint density at radius 1 is 1.00 bits per heavy atom. The van der Waals surface area contributed by atoms with Crippen molar-refractivity contribution < 1.29 is 4.79 Å². The summed E-state index contributed by atoms with van der Waals surface area (Å²) < 4.78 is 1.79. The number of carbonyl (C=O) groups excluding carboxylic acids is 1. The number of amides is 1. The first-order valence-electron chi connectivity index (χ1n) is 8.20. The molecule has 0 saturated carbocycles. The zero-order chi connectivity index (χ0) is 17.6. The lowest BCUT2D eigenvalue weighted by atomic mass is 10.1. The molecule has 1 aliphatic heterocycles. The van der Waals surface area contributed by atoms with Crippen LogP contribution in [0.3, 0.4) is 0 Å². The highest BCUT2D eigenvalue weighted by Gasteiger charge is 2.33. The highest BCUT2D eigenvalue weighted by molar-refractivity contribution is 5.90. The van der Waals surface area contributed by atoms with Crippen LogP contribution in [-0.2, 0) is 0 Å². The number of carbonyl (C=O) groups is 1. The number of fused-ring (bicyclic) bond motifs is 3. The second kappa shape index (κ2) is 5.73. The fourth-order valence-electron chi connectivity index (χ4n) is 3.18. The minimum absolute atomic E-state index is 0.0477. The van der Waals surface area contributed by atoms with Crippen molar-refractivity contribution >= 4 is 17.3 Å². The van der Waals surface area contributed by atoms with E-state index in [9.17, 15) is 4.79 Å². The van der Waals surface area contributed by atoms with Gasteiger partial charge in [-0.15, -0.1) is 5.10 Å². The van der Waals surface area contributed by atoms with Gasteiger partial charge in [-0.05, 0) is 31.2 Å². The van der Waals surface area contributed by atoms with Crippen LogP contribution in [0.15, 0.2) is 54.6 Å². The Balaban J connectivity index is 1.91. The Hall–Kier alpha value is -3.15. The molecule has 0 spiro atoms. The van der Waals surface area contributed by atoms with Crippen molar-refractivity contribution in [3.8, 4) is 5.69 Å². The van der Waals surface area contributed by atoms with Gasteiger partial charge < -0.3 is 9.80 Å².